The summed E-state index contributed by atoms with van der Waals surface area (Å²) < 4.78 is 0. The van der Waals surface area contributed by atoms with E-state index in [9.17, 15) is 33.6 Å². The van der Waals surface area contributed by atoms with Crippen LogP contribution in [0.15, 0.2) is 0 Å². The fourth-order valence-electron chi connectivity index (χ4n) is 2.77. The summed E-state index contributed by atoms with van der Waals surface area (Å²) in [6.45, 7) is 0.250. The van der Waals surface area contributed by atoms with Gasteiger partial charge < -0.3 is 48.5 Å². The fraction of sp³-hybridized carbons (Fsp3) is 0.632. The number of nitrogens with one attached hydrogen (secondary N) is 3. The van der Waals surface area contributed by atoms with Crippen molar-refractivity contribution in [3.8, 4) is 0 Å². The van der Waals surface area contributed by atoms with Crippen LogP contribution in [0.4, 0.5) is 0 Å². The minimum Gasteiger partial charge on any atom is -0.481 e. The summed E-state index contributed by atoms with van der Waals surface area (Å²) in [6, 6.07) is -6.12. The van der Waals surface area contributed by atoms with Gasteiger partial charge in [0.2, 0.25) is 23.6 Å². The van der Waals surface area contributed by atoms with Crippen molar-refractivity contribution in [3.05, 3.63) is 0 Å². The van der Waals surface area contributed by atoms with Crippen LogP contribution in [0.3, 0.4) is 0 Å². The third-order valence-corrected chi connectivity index (χ3v) is 4.62. The summed E-state index contributed by atoms with van der Waals surface area (Å²) in [6.07, 6.45) is -1.50. The van der Waals surface area contributed by atoms with Crippen LogP contribution in [-0.2, 0) is 33.6 Å². The Labute approximate surface area is 199 Å². The maximum atomic E-state index is 12.7. The molecule has 0 aromatic heterocycles. The zero-order chi connectivity index (χ0) is 27.1. The molecule has 0 aliphatic rings. The van der Waals surface area contributed by atoms with E-state index in [0.717, 1.165) is 0 Å². The Kier molecular flexibility index (Phi) is 14.2. The summed E-state index contributed by atoms with van der Waals surface area (Å²) >= 11 is 0. The summed E-state index contributed by atoms with van der Waals surface area (Å²) in [5.41, 5.74) is 16.0. The number of carbonyl (C=O) groups is 7. The fourth-order valence-corrected chi connectivity index (χ4v) is 2.77. The van der Waals surface area contributed by atoms with Crippen LogP contribution in [0.1, 0.15) is 44.9 Å². The van der Waals surface area contributed by atoms with E-state index < -0.39 is 78.5 Å². The molecule has 0 bridgehead atoms. The maximum Gasteiger partial charge on any atom is 0.326 e. The smallest absolute Gasteiger partial charge is 0.326 e. The molecule has 0 spiro atoms. The Bertz CT molecular complexity index is 805. The highest BCUT2D eigenvalue weighted by Crippen LogP contribution is 2.05. The first-order valence-corrected chi connectivity index (χ1v) is 10.6. The van der Waals surface area contributed by atoms with Crippen LogP contribution in [0, 0.1) is 0 Å². The molecule has 0 aromatic carbocycles. The van der Waals surface area contributed by atoms with Gasteiger partial charge in [0, 0.05) is 6.42 Å². The van der Waals surface area contributed by atoms with Gasteiger partial charge in [-0.3, -0.25) is 28.8 Å². The Morgan fingerprint density at radius 1 is 0.686 bits per heavy atom. The predicted molar refractivity (Wildman–Crippen MR) is 117 cm³/mol. The summed E-state index contributed by atoms with van der Waals surface area (Å²) in [4.78, 5) is 81.7. The van der Waals surface area contributed by atoms with E-state index in [1.165, 1.54) is 0 Å². The minimum absolute atomic E-state index is 0.0416. The molecular weight excluding hydrogens is 472 g/mol. The topological polar surface area (TPSA) is 294 Å². The van der Waals surface area contributed by atoms with Gasteiger partial charge in [-0.05, 0) is 32.2 Å². The molecular formula is C19H32N6O10. The molecule has 0 saturated carbocycles. The lowest BCUT2D eigenvalue weighted by Gasteiger charge is -2.24. The lowest BCUT2D eigenvalue weighted by molar-refractivity contribution is -0.147. The number of rotatable bonds is 18. The number of unbranched alkanes of at least 4 members (excludes halogenated alkanes) is 1. The van der Waals surface area contributed by atoms with Gasteiger partial charge in [0.05, 0.1) is 18.9 Å². The van der Waals surface area contributed by atoms with Crippen LogP contribution in [-0.4, -0.2) is 87.6 Å². The molecule has 16 heteroatoms. The van der Waals surface area contributed by atoms with Crippen molar-refractivity contribution in [2.24, 2.45) is 17.2 Å². The van der Waals surface area contributed by atoms with Crippen LogP contribution < -0.4 is 33.2 Å². The quantitative estimate of drug-likeness (QED) is 0.0812. The molecule has 0 fully saturated rings. The first-order chi connectivity index (χ1) is 16.3. The van der Waals surface area contributed by atoms with Crippen LogP contribution >= 0.6 is 0 Å². The minimum atomic E-state index is -1.79. The third kappa shape index (κ3) is 13.5. The molecule has 12 N–H and O–H groups in total. The molecule has 0 radical (unpaired) electrons. The van der Waals surface area contributed by atoms with Crippen LogP contribution in [0.5, 0.6) is 0 Å². The predicted octanol–water partition coefficient (Wildman–Crippen LogP) is -3.80. The first-order valence-electron chi connectivity index (χ1n) is 10.6. The van der Waals surface area contributed by atoms with Gasteiger partial charge >= 0.3 is 17.9 Å². The van der Waals surface area contributed by atoms with Gasteiger partial charge in [0.15, 0.2) is 0 Å². The second-order valence-electron chi connectivity index (χ2n) is 7.61. The van der Waals surface area contributed by atoms with Crippen molar-refractivity contribution in [1.29, 1.82) is 0 Å². The lowest BCUT2D eigenvalue weighted by atomic mass is 10.1. The summed E-state index contributed by atoms with van der Waals surface area (Å²) in [7, 11) is 0. The van der Waals surface area contributed by atoms with Crippen LogP contribution in [0.2, 0.25) is 0 Å². The Morgan fingerprint density at radius 2 is 1.17 bits per heavy atom. The second-order valence-corrected chi connectivity index (χ2v) is 7.61. The van der Waals surface area contributed by atoms with Crippen molar-refractivity contribution in [2.75, 3.05) is 6.54 Å². The Morgan fingerprint density at radius 3 is 1.66 bits per heavy atom. The first kappa shape index (κ1) is 31.2. The SMILES string of the molecule is NCCCCC(NC(=O)C(CC(=O)O)NC(=O)C(N)CCC(N)=O)C(=O)NC(CC(=O)O)C(=O)O. The number of amides is 4. The maximum absolute atomic E-state index is 12.7. The van der Waals surface area contributed by atoms with Gasteiger partial charge in [-0.1, -0.05) is 0 Å². The van der Waals surface area contributed by atoms with Gasteiger partial charge in [0.1, 0.15) is 18.1 Å². The molecule has 0 heterocycles. The number of primary amides is 1. The number of hydrogen-bond acceptors (Lipinski definition) is 9. The molecule has 0 saturated heterocycles. The second kappa shape index (κ2) is 15.9. The monoisotopic (exact) mass is 504 g/mol. The highest BCUT2D eigenvalue weighted by molar-refractivity contribution is 5.96. The number of hydrogen-bond donors (Lipinski definition) is 9. The van der Waals surface area contributed by atoms with E-state index >= 15 is 0 Å². The number of nitrogens with two attached hydrogens (primary N) is 3. The van der Waals surface area contributed by atoms with E-state index in [4.69, 9.17) is 32.5 Å². The highest BCUT2D eigenvalue weighted by atomic mass is 16.4. The van der Waals surface area contributed by atoms with E-state index in [-0.39, 0.29) is 25.8 Å². The number of aliphatic carboxylic acids is 3. The van der Waals surface area contributed by atoms with Crippen molar-refractivity contribution in [2.45, 2.75) is 69.1 Å². The largest absolute Gasteiger partial charge is 0.481 e. The van der Waals surface area contributed by atoms with E-state index in [1.54, 1.807) is 0 Å². The number of carboxylic acid groups (broad SMARTS) is 3. The van der Waals surface area contributed by atoms with Crippen molar-refractivity contribution in [3.63, 3.8) is 0 Å². The average Bonchev–Trinajstić information content (AvgIpc) is 2.74. The molecule has 35 heavy (non-hydrogen) atoms. The number of carbonyl (C=O) groups excluding carboxylic acids is 4. The summed E-state index contributed by atoms with van der Waals surface area (Å²) in [5, 5.41) is 33.5. The van der Waals surface area contributed by atoms with Crippen molar-refractivity contribution < 1.29 is 48.9 Å². The normalized spacial score (nSPS) is 14.0. The lowest BCUT2D eigenvalue weighted by Crippen LogP contribution is -2.57. The average molecular weight is 504 g/mol. The molecule has 0 aliphatic carbocycles. The zero-order valence-corrected chi connectivity index (χ0v) is 18.9. The highest BCUT2D eigenvalue weighted by Gasteiger charge is 2.32. The molecule has 198 valence electrons. The third-order valence-electron chi connectivity index (χ3n) is 4.62. The van der Waals surface area contributed by atoms with E-state index in [1.807, 2.05) is 5.32 Å². The Balaban J connectivity index is 5.53. The summed E-state index contributed by atoms with van der Waals surface area (Å²) in [5.74, 6) is -8.34. The van der Waals surface area contributed by atoms with Crippen LogP contribution in [0.25, 0.3) is 0 Å². The standard InChI is InChI=1S/C19H32N6O10/c20-6-2-1-3-10(17(32)25-12(19(34)35)8-15(29)30)23-18(33)11(7-14(27)28)24-16(31)9(21)4-5-13(22)26/h9-12H,1-8,20-21H2,(H2,22,26)(H,23,33)(H,24,31)(H,25,32)(H,27,28)(H,29,30)(H,34,35). The molecule has 4 amide bonds. The molecule has 0 rings (SSSR count). The zero-order valence-electron chi connectivity index (χ0n) is 18.9. The molecule has 0 aromatic rings. The molecule has 0 aliphatic heterocycles. The van der Waals surface area contributed by atoms with Gasteiger partial charge in [-0.2, -0.15) is 0 Å². The Hall–Kier alpha value is -3.79. The number of carboxylic acids is 3. The van der Waals surface area contributed by atoms with E-state index in [2.05, 4.69) is 10.6 Å². The van der Waals surface area contributed by atoms with Crippen molar-refractivity contribution in [1.82, 2.24) is 16.0 Å². The molecule has 16 nitrogen and oxygen atoms in total. The van der Waals surface area contributed by atoms with Gasteiger partial charge in [0.25, 0.3) is 0 Å². The van der Waals surface area contributed by atoms with Gasteiger partial charge in [-0.25, -0.2) is 4.79 Å². The van der Waals surface area contributed by atoms with Crippen molar-refractivity contribution >= 4 is 41.5 Å². The van der Waals surface area contributed by atoms with Gasteiger partial charge in [-0.15, -0.1) is 0 Å². The van der Waals surface area contributed by atoms with E-state index in [0.29, 0.717) is 12.8 Å². The molecule has 4 atom stereocenters. The molecule has 4 unspecified atom stereocenters.